The molecule has 2 saturated carbocycles. The van der Waals surface area contributed by atoms with Crippen LogP contribution in [0.4, 0.5) is 0 Å². The maximum absolute atomic E-state index is 12.5. The van der Waals surface area contributed by atoms with Crippen LogP contribution in [0.15, 0.2) is 30.3 Å². The molecule has 0 spiro atoms. The van der Waals surface area contributed by atoms with Crippen molar-refractivity contribution in [2.45, 2.75) is 70.4 Å². The average Bonchev–Trinajstić information content (AvgIpc) is 3.15. The maximum Gasteiger partial charge on any atom is 0.223 e. The topological polar surface area (TPSA) is 58.2 Å². The summed E-state index contributed by atoms with van der Waals surface area (Å²) >= 11 is 0. The number of benzene rings is 1. The normalized spacial score (nSPS) is 25.3. The Bertz CT molecular complexity index is 573. The fourth-order valence-corrected chi connectivity index (χ4v) is 4.16. The summed E-state index contributed by atoms with van der Waals surface area (Å²) in [5, 5.41) is 6.34. The molecule has 2 fully saturated rings. The molecule has 1 aromatic carbocycles. The summed E-state index contributed by atoms with van der Waals surface area (Å²) < 4.78 is 0. The van der Waals surface area contributed by atoms with Gasteiger partial charge in [-0.15, -0.1) is 0 Å². The van der Waals surface area contributed by atoms with Gasteiger partial charge in [-0.25, -0.2) is 0 Å². The van der Waals surface area contributed by atoms with Gasteiger partial charge in [0.2, 0.25) is 11.8 Å². The van der Waals surface area contributed by atoms with Gasteiger partial charge in [0.15, 0.2) is 0 Å². The molecular formula is C21H30N2O2. The van der Waals surface area contributed by atoms with Crippen molar-refractivity contribution < 1.29 is 9.59 Å². The van der Waals surface area contributed by atoms with Crippen LogP contribution in [0.3, 0.4) is 0 Å². The molecule has 0 saturated heterocycles. The predicted octanol–water partition coefficient (Wildman–Crippen LogP) is 3.73. The van der Waals surface area contributed by atoms with E-state index in [2.05, 4.69) is 10.6 Å². The van der Waals surface area contributed by atoms with Crippen molar-refractivity contribution in [1.29, 1.82) is 0 Å². The Morgan fingerprint density at radius 3 is 2.04 bits per heavy atom. The lowest BCUT2D eigenvalue weighted by Crippen LogP contribution is -2.40. The molecule has 4 heteroatoms. The van der Waals surface area contributed by atoms with E-state index in [-0.39, 0.29) is 29.7 Å². The Kier molecular flexibility index (Phi) is 6.11. The fourth-order valence-electron chi connectivity index (χ4n) is 4.16. The maximum atomic E-state index is 12.5. The first kappa shape index (κ1) is 18.0. The molecule has 4 nitrogen and oxygen atoms in total. The van der Waals surface area contributed by atoms with E-state index in [1.165, 1.54) is 12.8 Å². The summed E-state index contributed by atoms with van der Waals surface area (Å²) in [6.45, 7) is 2.02. The van der Waals surface area contributed by atoms with Crippen molar-refractivity contribution in [2.24, 2.45) is 11.8 Å². The highest BCUT2D eigenvalue weighted by atomic mass is 16.2. The third-order valence-electron chi connectivity index (χ3n) is 5.83. The summed E-state index contributed by atoms with van der Waals surface area (Å²) in [5.74, 6) is 0.479. The van der Waals surface area contributed by atoms with Gasteiger partial charge in [0.05, 0.1) is 6.04 Å². The minimum Gasteiger partial charge on any atom is -0.353 e. The van der Waals surface area contributed by atoms with Crippen molar-refractivity contribution >= 4 is 11.8 Å². The van der Waals surface area contributed by atoms with Crippen LogP contribution in [-0.2, 0) is 9.59 Å². The van der Waals surface area contributed by atoms with Gasteiger partial charge in [-0.2, -0.15) is 0 Å². The highest BCUT2D eigenvalue weighted by Gasteiger charge is 2.31. The molecule has 2 aliphatic carbocycles. The third-order valence-corrected chi connectivity index (χ3v) is 5.83. The van der Waals surface area contributed by atoms with Crippen molar-refractivity contribution in [3.8, 4) is 0 Å². The molecule has 1 atom stereocenters. The molecule has 0 radical (unpaired) electrons. The Morgan fingerprint density at radius 1 is 0.880 bits per heavy atom. The molecule has 0 aromatic heterocycles. The van der Waals surface area contributed by atoms with Gasteiger partial charge in [0, 0.05) is 17.9 Å². The van der Waals surface area contributed by atoms with Crippen LogP contribution in [0.25, 0.3) is 0 Å². The second-order valence-corrected chi connectivity index (χ2v) is 7.68. The van der Waals surface area contributed by atoms with Crippen LogP contribution in [-0.4, -0.2) is 17.9 Å². The van der Waals surface area contributed by atoms with E-state index in [9.17, 15) is 9.59 Å². The quantitative estimate of drug-likeness (QED) is 0.856. The molecule has 2 aliphatic rings. The summed E-state index contributed by atoms with van der Waals surface area (Å²) in [4.78, 5) is 24.9. The van der Waals surface area contributed by atoms with Gasteiger partial charge in [-0.3, -0.25) is 9.59 Å². The van der Waals surface area contributed by atoms with Crippen LogP contribution < -0.4 is 10.6 Å². The van der Waals surface area contributed by atoms with Gasteiger partial charge in [-0.1, -0.05) is 43.2 Å². The van der Waals surface area contributed by atoms with Gasteiger partial charge < -0.3 is 10.6 Å². The van der Waals surface area contributed by atoms with E-state index in [1.807, 2.05) is 37.3 Å². The van der Waals surface area contributed by atoms with E-state index in [4.69, 9.17) is 0 Å². The molecule has 1 unspecified atom stereocenters. The summed E-state index contributed by atoms with van der Waals surface area (Å²) in [7, 11) is 0. The molecule has 0 aliphatic heterocycles. The van der Waals surface area contributed by atoms with Crippen LogP contribution >= 0.6 is 0 Å². The van der Waals surface area contributed by atoms with Gasteiger partial charge in [-0.05, 0) is 51.0 Å². The van der Waals surface area contributed by atoms with E-state index in [0.717, 1.165) is 44.1 Å². The first-order chi connectivity index (χ1) is 12.1. The minimum atomic E-state index is 0.0251. The zero-order chi connectivity index (χ0) is 17.6. The minimum absolute atomic E-state index is 0.0251. The number of hydrogen-bond donors (Lipinski definition) is 2. The van der Waals surface area contributed by atoms with Crippen LogP contribution in [0.5, 0.6) is 0 Å². The van der Waals surface area contributed by atoms with Crippen molar-refractivity contribution in [3.05, 3.63) is 35.9 Å². The van der Waals surface area contributed by atoms with Gasteiger partial charge in [0.25, 0.3) is 0 Å². The highest BCUT2D eigenvalue weighted by molar-refractivity contribution is 5.81. The molecule has 25 heavy (non-hydrogen) atoms. The lowest BCUT2D eigenvalue weighted by atomic mass is 9.81. The largest absolute Gasteiger partial charge is 0.353 e. The molecule has 3 rings (SSSR count). The molecule has 2 amide bonds. The molecule has 0 heterocycles. The van der Waals surface area contributed by atoms with Crippen LogP contribution in [0.2, 0.25) is 0 Å². The lowest BCUT2D eigenvalue weighted by Gasteiger charge is -2.29. The highest BCUT2D eigenvalue weighted by Crippen LogP contribution is 2.30. The molecule has 0 bridgehead atoms. The average molecular weight is 342 g/mol. The smallest absolute Gasteiger partial charge is 0.223 e. The first-order valence-electron chi connectivity index (χ1n) is 9.79. The first-order valence-corrected chi connectivity index (χ1v) is 9.79. The van der Waals surface area contributed by atoms with Gasteiger partial charge >= 0.3 is 0 Å². The lowest BCUT2D eigenvalue weighted by molar-refractivity contribution is -0.131. The van der Waals surface area contributed by atoms with Crippen LogP contribution in [0.1, 0.15) is 69.9 Å². The Morgan fingerprint density at radius 2 is 1.44 bits per heavy atom. The van der Waals surface area contributed by atoms with Crippen molar-refractivity contribution in [1.82, 2.24) is 10.6 Å². The monoisotopic (exact) mass is 342 g/mol. The number of nitrogens with one attached hydrogen (secondary N) is 2. The van der Waals surface area contributed by atoms with Crippen LogP contribution in [0, 0.1) is 11.8 Å². The SMILES string of the molecule is CC(NC(=O)C1CCC(C(=O)NC2CCCC2)CC1)c1ccccc1. The summed E-state index contributed by atoms with van der Waals surface area (Å²) in [5.41, 5.74) is 1.13. The molecule has 1 aromatic rings. The van der Waals surface area contributed by atoms with Crippen molar-refractivity contribution in [2.75, 3.05) is 0 Å². The third kappa shape index (κ3) is 4.83. The van der Waals surface area contributed by atoms with E-state index in [1.54, 1.807) is 0 Å². The molecule has 136 valence electrons. The number of rotatable bonds is 5. The number of carbonyl (C=O) groups excluding carboxylic acids is 2. The fraction of sp³-hybridized carbons (Fsp3) is 0.619. The number of amides is 2. The number of carbonyl (C=O) groups is 2. The standard InChI is InChI=1S/C21H30N2O2/c1-15(16-7-3-2-4-8-16)22-20(24)17-11-13-18(14-12-17)21(25)23-19-9-5-6-10-19/h2-4,7-8,15,17-19H,5-6,9-14H2,1H3,(H,22,24)(H,23,25). The zero-order valence-corrected chi connectivity index (χ0v) is 15.2. The second-order valence-electron chi connectivity index (χ2n) is 7.68. The summed E-state index contributed by atoms with van der Waals surface area (Å²) in [6, 6.07) is 10.5. The molecule has 2 N–H and O–H groups in total. The van der Waals surface area contributed by atoms with Gasteiger partial charge in [0.1, 0.15) is 0 Å². The molecular weight excluding hydrogens is 312 g/mol. The Balaban J connectivity index is 1.43. The number of hydrogen-bond acceptors (Lipinski definition) is 2. The van der Waals surface area contributed by atoms with E-state index >= 15 is 0 Å². The predicted molar refractivity (Wildman–Crippen MR) is 98.8 cm³/mol. The van der Waals surface area contributed by atoms with Crippen molar-refractivity contribution in [3.63, 3.8) is 0 Å². The van der Waals surface area contributed by atoms with E-state index in [0.29, 0.717) is 6.04 Å². The Labute approximate surface area is 150 Å². The van der Waals surface area contributed by atoms with E-state index < -0.39 is 0 Å². The summed E-state index contributed by atoms with van der Waals surface area (Å²) in [6.07, 6.45) is 8.01. The second kappa shape index (κ2) is 8.50. The Hall–Kier alpha value is -1.84. The zero-order valence-electron chi connectivity index (χ0n) is 15.2.